The summed E-state index contributed by atoms with van der Waals surface area (Å²) < 4.78 is 15.2. The second kappa shape index (κ2) is 6.80. The van der Waals surface area contributed by atoms with Crippen LogP contribution in [0.3, 0.4) is 0 Å². The van der Waals surface area contributed by atoms with E-state index in [1.807, 2.05) is 0 Å². The van der Waals surface area contributed by atoms with Crippen molar-refractivity contribution >= 4 is 17.1 Å². The third-order valence-corrected chi connectivity index (χ3v) is 4.67. The Hall–Kier alpha value is -2.87. The molecule has 4 rings (SSSR count). The zero-order valence-electron chi connectivity index (χ0n) is 14.2. The lowest BCUT2D eigenvalue weighted by Gasteiger charge is -2.16. The summed E-state index contributed by atoms with van der Waals surface area (Å²) in [5.41, 5.74) is 8.34. The number of benzene rings is 1. The number of halogens is 1. The Balaban J connectivity index is 1.59. The first kappa shape index (κ1) is 16.6. The van der Waals surface area contributed by atoms with Crippen molar-refractivity contribution in [2.75, 3.05) is 19.6 Å². The molecule has 0 unspecified atom stereocenters. The average Bonchev–Trinajstić information content (AvgIpc) is 3.27. The predicted molar refractivity (Wildman–Crippen MR) is 94.0 cm³/mol. The fourth-order valence-corrected chi connectivity index (χ4v) is 3.45. The molecule has 2 N–H and O–H groups in total. The summed E-state index contributed by atoms with van der Waals surface area (Å²) in [7, 11) is 0. The van der Waals surface area contributed by atoms with Crippen LogP contribution in [0.15, 0.2) is 36.7 Å². The molecular weight excluding hydrogens is 335 g/mol. The van der Waals surface area contributed by atoms with Gasteiger partial charge in [0.1, 0.15) is 11.3 Å². The van der Waals surface area contributed by atoms with Crippen LogP contribution >= 0.6 is 0 Å². The summed E-state index contributed by atoms with van der Waals surface area (Å²) in [4.78, 5) is 23.2. The summed E-state index contributed by atoms with van der Waals surface area (Å²) in [5, 5.41) is 4.66. The van der Waals surface area contributed by atoms with E-state index in [1.54, 1.807) is 34.1 Å². The molecule has 1 aliphatic heterocycles. The van der Waals surface area contributed by atoms with Crippen LogP contribution < -0.4 is 5.73 Å². The molecule has 1 fully saturated rings. The number of hydrogen-bond donors (Lipinski definition) is 1. The number of nitrogens with zero attached hydrogens (tertiary/aromatic N) is 5. The molecule has 134 valence electrons. The molecule has 1 aromatic carbocycles. The maximum atomic E-state index is 13.4. The smallest absolute Gasteiger partial charge is 0.253 e. The number of amides is 1. The van der Waals surface area contributed by atoms with Gasteiger partial charge in [0.25, 0.3) is 5.91 Å². The highest BCUT2D eigenvalue weighted by Crippen LogP contribution is 2.31. The molecule has 1 atom stereocenters. The number of likely N-dealkylation sites (tertiary alicyclic amines) is 1. The first-order chi connectivity index (χ1) is 12.7. The molecule has 7 nitrogen and oxygen atoms in total. The van der Waals surface area contributed by atoms with E-state index in [0.29, 0.717) is 37.4 Å². The number of rotatable bonds is 4. The predicted octanol–water partition coefficient (Wildman–Crippen LogP) is 1.55. The maximum Gasteiger partial charge on any atom is 0.253 e. The Morgan fingerprint density at radius 3 is 2.96 bits per heavy atom. The van der Waals surface area contributed by atoms with Crippen LogP contribution in [0.25, 0.3) is 11.2 Å². The molecule has 3 aromatic rings. The minimum Gasteiger partial charge on any atom is -0.338 e. The first-order valence-electron chi connectivity index (χ1n) is 8.59. The summed E-state index contributed by atoms with van der Waals surface area (Å²) in [5.74, 6) is -0.497. The van der Waals surface area contributed by atoms with Crippen LogP contribution in [0.5, 0.6) is 0 Å². The number of aromatic nitrogens is 4. The Morgan fingerprint density at radius 2 is 2.15 bits per heavy atom. The fourth-order valence-electron chi connectivity index (χ4n) is 3.45. The lowest BCUT2D eigenvalue weighted by Crippen LogP contribution is -2.28. The van der Waals surface area contributed by atoms with E-state index in [0.717, 1.165) is 17.6 Å². The van der Waals surface area contributed by atoms with Crippen molar-refractivity contribution in [3.63, 3.8) is 0 Å². The number of nitrogens with two attached hydrogens (primary N) is 1. The van der Waals surface area contributed by atoms with E-state index < -0.39 is 5.82 Å². The van der Waals surface area contributed by atoms with Gasteiger partial charge in [-0.3, -0.25) is 4.79 Å². The van der Waals surface area contributed by atoms with Gasteiger partial charge in [0.15, 0.2) is 5.65 Å². The summed E-state index contributed by atoms with van der Waals surface area (Å²) in [6, 6.07) is 5.79. The van der Waals surface area contributed by atoms with Gasteiger partial charge in [0.2, 0.25) is 0 Å². The number of carbonyl (C=O) groups excluding carboxylic acids is 1. The van der Waals surface area contributed by atoms with E-state index >= 15 is 0 Å². The Labute approximate surface area is 149 Å². The van der Waals surface area contributed by atoms with Crippen molar-refractivity contribution in [3.05, 3.63) is 53.7 Å². The number of fused-ring (bicyclic) bond motifs is 1. The van der Waals surface area contributed by atoms with Gasteiger partial charge in [-0.2, -0.15) is 5.10 Å². The highest BCUT2D eigenvalue weighted by atomic mass is 19.1. The highest BCUT2D eigenvalue weighted by Gasteiger charge is 2.31. The molecule has 0 aliphatic carbocycles. The zero-order chi connectivity index (χ0) is 18.1. The van der Waals surface area contributed by atoms with Gasteiger partial charge in [0, 0.05) is 43.5 Å². The van der Waals surface area contributed by atoms with Gasteiger partial charge < -0.3 is 10.6 Å². The van der Waals surface area contributed by atoms with Crippen LogP contribution in [0.1, 0.15) is 28.4 Å². The molecule has 0 bridgehead atoms. The Morgan fingerprint density at radius 1 is 1.31 bits per heavy atom. The van der Waals surface area contributed by atoms with Gasteiger partial charge in [-0.15, -0.1) is 0 Å². The van der Waals surface area contributed by atoms with Crippen molar-refractivity contribution in [1.82, 2.24) is 24.6 Å². The molecule has 1 aliphatic rings. The molecule has 0 radical (unpaired) electrons. The molecule has 3 heterocycles. The molecule has 26 heavy (non-hydrogen) atoms. The van der Waals surface area contributed by atoms with E-state index in [9.17, 15) is 9.18 Å². The lowest BCUT2D eigenvalue weighted by atomic mass is 10.0. The van der Waals surface area contributed by atoms with Gasteiger partial charge in [-0.05, 0) is 24.6 Å². The van der Waals surface area contributed by atoms with Crippen LogP contribution in [-0.2, 0) is 6.54 Å². The minimum absolute atomic E-state index is 0.0748. The Bertz CT molecular complexity index is 956. The third kappa shape index (κ3) is 2.92. The SMILES string of the molecule is NCCn1nc([C@H]2CCN(C(=O)c3cccc(F)c3)C2)c2nccnc21. The number of carbonyl (C=O) groups is 1. The van der Waals surface area contributed by atoms with Gasteiger partial charge >= 0.3 is 0 Å². The molecule has 0 saturated carbocycles. The largest absolute Gasteiger partial charge is 0.338 e. The van der Waals surface area contributed by atoms with Gasteiger partial charge in [0.05, 0.1) is 12.2 Å². The van der Waals surface area contributed by atoms with Crippen molar-refractivity contribution in [2.24, 2.45) is 5.73 Å². The van der Waals surface area contributed by atoms with Crippen molar-refractivity contribution in [1.29, 1.82) is 0 Å². The molecule has 1 amide bonds. The van der Waals surface area contributed by atoms with Gasteiger partial charge in [-0.25, -0.2) is 19.0 Å². The van der Waals surface area contributed by atoms with Gasteiger partial charge in [-0.1, -0.05) is 6.07 Å². The average molecular weight is 354 g/mol. The van der Waals surface area contributed by atoms with Crippen molar-refractivity contribution < 1.29 is 9.18 Å². The Kier molecular flexibility index (Phi) is 4.34. The number of hydrogen-bond acceptors (Lipinski definition) is 5. The lowest BCUT2D eigenvalue weighted by molar-refractivity contribution is 0.0790. The topological polar surface area (TPSA) is 89.9 Å². The minimum atomic E-state index is -0.409. The van der Waals surface area contributed by atoms with Crippen LogP contribution in [0.2, 0.25) is 0 Å². The molecule has 1 saturated heterocycles. The summed E-state index contributed by atoms with van der Waals surface area (Å²) in [6.45, 7) is 2.15. The maximum absolute atomic E-state index is 13.4. The monoisotopic (exact) mass is 354 g/mol. The molecule has 8 heteroatoms. The van der Waals surface area contributed by atoms with Crippen molar-refractivity contribution in [2.45, 2.75) is 18.9 Å². The van der Waals surface area contributed by atoms with Crippen LogP contribution in [-0.4, -0.2) is 50.2 Å². The summed E-state index contributed by atoms with van der Waals surface area (Å²) in [6.07, 6.45) is 4.06. The van der Waals surface area contributed by atoms with E-state index in [4.69, 9.17) is 5.73 Å². The normalized spacial score (nSPS) is 17.2. The molecular formula is C18H19FN6O. The standard InChI is InChI=1S/C18H19FN6O/c19-14-3-1-2-12(10-14)18(26)24-8-4-13(11-24)15-16-17(22-7-6-21-16)25(23-15)9-5-20/h1-3,6-7,10,13H,4-5,8-9,11,20H2/t13-/m0/s1. The van der Waals surface area contributed by atoms with Crippen LogP contribution in [0.4, 0.5) is 4.39 Å². The quantitative estimate of drug-likeness (QED) is 0.768. The second-order valence-electron chi connectivity index (χ2n) is 6.37. The first-order valence-corrected chi connectivity index (χ1v) is 8.59. The van der Waals surface area contributed by atoms with E-state index in [2.05, 4.69) is 15.1 Å². The molecule has 2 aromatic heterocycles. The van der Waals surface area contributed by atoms with E-state index in [1.165, 1.54) is 12.1 Å². The second-order valence-corrected chi connectivity index (χ2v) is 6.37. The zero-order valence-corrected chi connectivity index (χ0v) is 14.2. The summed E-state index contributed by atoms with van der Waals surface area (Å²) >= 11 is 0. The third-order valence-electron chi connectivity index (χ3n) is 4.67. The molecule has 0 spiro atoms. The van der Waals surface area contributed by atoms with Crippen molar-refractivity contribution in [3.8, 4) is 0 Å². The highest BCUT2D eigenvalue weighted by molar-refractivity contribution is 5.94. The van der Waals surface area contributed by atoms with E-state index in [-0.39, 0.29) is 11.8 Å². The van der Waals surface area contributed by atoms with Crippen LogP contribution in [0, 0.1) is 5.82 Å². The fraction of sp³-hybridized carbons (Fsp3) is 0.333.